The van der Waals surface area contributed by atoms with Crippen molar-refractivity contribution >= 4 is 11.6 Å². The van der Waals surface area contributed by atoms with Gasteiger partial charge in [-0.3, -0.25) is 4.68 Å². The molecule has 0 unspecified atom stereocenters. The zero-order valence-electron chi connectivity index (χ0n) is 13.2. The van der Waals surface area contributed by atoms with Gasteiger partial charge in [0.15, 0.2) is 0 Å². The number of hydrogen-bond acceptors (Lipinski definition) is 3. The number of rotatable bonds is 4. The molecule has 0 N–H and O–H groups in total. The highest BCUT2D eigenvalue weighted by molar-refractivity contribution is 6.32. The van der Waals surface area contributed by atoms with Crippen LogP contribution in [0.2, 0.25) is 5.02 Å². The van der Waals surface area contributed by atoms with Crippen LogP contribution < -0.4 is 0 Å². The van der Waals surface area contributed by atoms with Crippen LogP contribution in [0.5, 0.6) is 0 Å². The van der Waals surface area contributed by atoms with Crippen LogP contribution in [0, 0.1) is 24.1 Å². The molecule has 3 rings (SSSR count). The Labute approximate surface area is 143 Å². The third-order valence-corrected chi connectivity index (χ3v) is 4.18. The Morgan fingerprint density at radius 3 is 2.79 bits per heavy atom. The summed E-state index contributed by atoms with van der Waals surface area (Å²) in [6.07, 6.45) is 5.53. The number of halogens is 2. The summed E-state index contributed by atoms with van der Waals surface area (Å²) >= 11 is 5.95. The average Bonchev–Trinajstić information content (AvgIpc) is 3.16. The van der Waals surface area contributed by atoms with Gasteiger partial charge in [-0.25, -0.2) is 9.37 Å². The molecule has 0 amide bonds. The molecule has 7 heteroatoms. The Morgan fingerprint density at radius 2 is 2.17 bits per heavy atom. The Morgan fingerprint density at radius 1 is 1.38 bits per heavy atom. The molecule has 2 aromatic heterocycles. The molecular weight excluding hydrogens is 329 g/mol. The van der Waals surface area contributed by atoms with Crippen LogP contribution in [0.15, 0.2) is 36.8 Å². The molecule has 0 aliphatic rings. The van der Waals surface area contributed by atoms with E-state index in [2.05, 4.69) is 21.6 Å². The van der Waals surface area contributed by atoms with Crippen molar-refractivity contribution in [1.29, 1.82) is 5.26 Å². The van der Waals surface area contributed by atoms with E-state index in [0.29, 0.717) is 17.8 Å². The van der Waals surface area contributed by atoms with Crippen molar-refractivity contribution in [3.63, 3.8) is 0 Å². The van der Waals surface area contributed by atoms with Gasteiger partial charge in [0.2, 0.25) is 0 Å². The van der Waals surface area contributed by atoms with Gasteiger partial charge in [0, 0.05) is 24.2 Å². The lowest BCUT2D eigenvalue weighted by atomic mass is 10.1. The van der Waals surface area contributed by atoms with Crippen LogP contribution in [0.1, 0.15) is 24.4 Å². The summed E-state index contributed by atoms with van der Waals surface area (Å²) in [5.41, 5.74) is 1.00. The van der Waals surface area contributed by atoms with Crippen LogP contribution in [-0.4, -0.2) is 19.3 Å². The first-order valence-electron chi connectivity index (χ1n) is 7.42. The van der Waals surface area contributed by atoms with Gasteiger partial charge in [-0.05, 0) is 32.0 Å². The zero-order valence-corrected chi connectivity index (χ0v) is 14.0. The van der Waals surface area contributed by atoms with Crippen LogP contribution in [-0.2, 0) is 6.54 Å². The van der Waals surface area contributed by atoms with Gasteiger partial charge in [-0.2, -0.15) is 10.4 Å². The molecule has 0 saturated heterocycles. The summed E-state index contributed by atoms with van der Waals surface area (Å²) in [7, 11) is 0. The highest BCUT2D eigenvalue weighted by atomic mass is 35.5. The van der Waals surface area contributed by atoms with Crippen LogP contribution >= 0.6 is 11.6 Å². The molecule has 1 aromatic carbocycles. The Bertz CT molecular complexity index is 898. The molecule has 3 aromatic rings. The maximum atomic E-state index is 13.9. The van der Waals surface area contributed by atoms with Gasteiger partial charge in [0.1, 0.15) is 23.3 Å². The van der Waals surface area contributed by atoms with Gasteiger partial charge in [-0.1, -0.05) is 11.6 Å². The number of hydrogen-bond donors (Lipinski definition) is 0. The summed E-state index contributed by atoms with van der Waals surface area (Å²) in [6.45, 7) is 4.69. The van der Waals surface area contributed by atoms with Crippen molar-refractivity contribution in [1.82, 2.24) is 19.3 Å². The van der Waals surface area contributed by atoms with E-state index in [1.807, 2.05) is 19.3 Å². The van der Waals surface area contributed by atoms with Crippen molar-refractivity contribution in [3.8, 4) is 17.3 Å². The second-order valence-electron chi connectivity index (χ2n) is 5.58. The van der Waals surface area contributed by atoms with E-state index in [4.69, 9.17) is 16.9 Å². The fourth-order valence-corrected chi connectivity index (χ4v) is 2.91. The summed E-state index contributed by atoms with van der Waals surface area (Å²) in [5, 5.41) is 13.4. The molecule has 5 nitrogen and oxygen atoms in total. The Kier molecular flexibility index (Phi) is 4.36. The van der Waals surface area contributed by atoms with E-state index in [1.54, 1.807) is 29.1 Å². The SMILES string of the molecule is Cc1nccn1[C@@H](C)Cn1ccc(-c2cc(F)c(C#N)c(Cl)c2)n1. The van der Waals surface area contributed by atoms with E-state index in [1.165, 1.54) is 6.07 Å². The first kappa shape index (κ1) is 16.2. The fourth-order valence-electron chi connectivity index (χ4n) is 2.66. The third-order valence-electron chi connectivity index (χ3n) is 3.88. The minimum absolute atomic E-state index is 0.0875. The monoisotopic (exact) mass is 343 g/mol. The largest absolute Gasteiger partial charge is 0.331 e. The smallest absolute Gasteiger partial charge is 0.143 e. The lowest BCUT2D eigenvalue weighted by Crippen LogP contribution is -2.14. The Hall–Kier alpha value is -2.65. The van der Waals surface area contributed by atoms with Crippen LogP contribution in [0.3, 0.4) is 0 Å². The van der Waals surface area contributed by atoms with Crippen molar-refractivity contribution in [3.05, 3.63) is 59.0 Å². The minimum Gasteiger partial charge on any atom is -0.331 e. The Balaban J connectivity index is 1.84. The lowest BCUT2D eigenvalue weighted by molar-refractivity contribution is 0.431. The van der Waals surface area contributed by atoms with Crippen molar-refractivity contribution in [2.75, 3.05) is 0 Å². The maximum absolute atomic E-state index is 13.9. The van der Waals surface area contributed by atoms with Crippen LogP contribution in [0.4, 0.5) is 4.39 Å². The van der Waals surface area contributed by atoms with E-state index >= 15 is 0 Å². The minimum atomic E-state index is -0.642. The van der Waals surface area contributed by atoms with E-state index in [0.717, 1.165) is 5.82 Å². The quantitative estimate of drug-likeness (QED) is 0.720. The molecule has 0 radical (unpaired) electrons. The van der Waals surface area contributed by atoms with E-state index < -0.39 is 5.82 Å². The molecule has 0 spiro atoms. The highest BCUT2D eigenvalue weighted by Gasteiger charge is 2.13. The lowest BCUT2D eigenvalue weighted by Gasteiger charge is -2.15. The number of benzene rings is 1. The van der Waals surface area contributed by atoms with Crippen molar-refractivity contribution in [2.45, 2.75) is 26.4 Å². The molecule has 2 heterocycles. The molecule has 0 aliphatic heterocycles. The van der Waals surface area contributed by atoms with Gasteiger partial charge in [0.25, 0.3) is 0 Å². The second-order valence-corrected chi connectivity index (χ2v) is 5.99. The molecular formula is C17H15ClFN5. The van der Waals surface area contributed by atoms with Crippen LogP contribution in [0.25, 0.3) is 11.3 Å². The second kappa shape index (κ2) is 6.46. The third kappa shape index (κ3) is 3.03. The van der Waals surface area contributed by atoms with Crippen molar-refractivity contribution < 1.29 is 4.39 Å². The van der Waals surface area contributed by atoms with E-state index in [-0.39, 0.29) is 16.6 Å². The predicted octanol–water partition coefficient (Wildman–Crippen LogP) is 3.98. The standard InChI is InChI=1S/C17H15ClFN5/c1-11(24-6-4-21-12(24)2)10-23-5-3-17(22-23)13-7-15(18)14(9-20)16(19)8-13/h3-8,11H,10H2,1-2H3/t11-/m0/s1. The molecule has 0 saturated carbocycles. The molecule has 1 atom stereocenters. The van der Waals surface area contributed by atoms with Gasteiger partial charge < -0.3 is 4.57 Å². The molecule has 24 heavy (non-hydrogen) atoms. The number of imidazole rings is 1. The maximum Gasteiger partial charge on any atom is 0.143 e. The molecule has 0 fully saturated rings. The fraction of sp³-hybridized carbons (Fsp3) is 0.235. The number of aromatic nitrogens is 4. The van der Waals surface area contributed by atoms with Gasteiger partial charge >= 0.3 is 0 Å². The molecule has 0 bridgehead atoms. The first-order valence-corrected chi connectivity index (χ1v) is 7.80. The summed E-state index contributed by atoms with van der Waals surface area (Å²) in [6, 6.07) is 6.56. The van der Waals surface area contributed by atoms with E-state index in [9.17, 15) is 4.39 Å². The number of aryl methyl sites for hydroxylation is 1. The first-order chi connectivity index (χ1) is 11.5. The topological polar surface area (TPSA) is 59.4 Å². The number of nitriles is 1. The normalized spacial score (nSPS) is 12.1. The average molecular weight is 344 g/mol. The zero-order chi connectivity index (χ0) is 17.3. The molecule has 122 valence electrons. The molecule has 0 aliphatic carbocycles. The number of nitrogens with zero attached hydrogens (tertiary/aromatic N) is 5. The van der Waals surface area contributed by atoms with Gasteiger partial charge in [0.05, 0.1) is 23.3 Å². The van der Waals surface area contributed by atoms with Gasteiger partial charge in [-0.15, -0.1) is 0 Å². The highest BCUT2D eigenvalue weighted by Crippen LogP contribution is 2.27. The summed E-state index contributed by atoms with van der Waals surface area (Å²) in [5.74, 6) is 0.299. The van der Waals surface area contributed by atoms with Crippen molar-refractivity contribution in [2.24, 2.45) is 0 Å². The predicted molar refractivity (Wildman–Crippen MR) is 89.0 cm³/mol. The summed E-state index contributed by atoms with van der Waals surface area (Å²) < 4.78 is 17.8. The summed E-state index contributed by atoms with van der Waals surface area (Å²) in [4.78, 5) is 4.22.